The fraction of sp³-hybridized carbons (Fsp3) is 0.462. The Morgan fingerprint density at radius 1 is 1.35 bits per heavy atom. The van der Waals surface area contributed by atoms with E-state index in [1.807, 2.05) is 0 Å². The molecule has 0 spiro atoms. The van der Waals surface area contributed by atoms with E-state index < -0.39 is 39.7 Å². The number of nitrogens with zero attached hydrogens (tertiary/aromatic N) is 1. The lowest BCUT2D eigenvalue weighted by atomic mass is 9.98. The molecular formula is C13H15F2NO4. The van der Waals surface area contributed by atoms with Gasteiger partial charge < -0.3 is 4.74 Å². The fourth-order valence-corrected chi connectivity index (χ4v) is 1.63. The Kier molecular flexibility index (Phi) is 4.42. The first-order valence-electron chi connectivity index (χ1n) is 5.89. The third kappa shape index (κ3) is 3.72. The van der Waals surface area contributed by atoms with E-state index in [-0.39, 0.29) is 5.56 Å². The molecule has 0 aromatic heterocycles. The summed E-state index contributed by atoms with van der Waals surface area (Å²) in [6.07, 6.45) is 0. The smallest absolute Gasteiger partial charge is 0.313 e. The Morgan fingerprint density at radius 2 is 1.90 bits per heavy atom. The van der Waals surface area contributed by atoms with Crippen molar-refractivity contribution in [3.05, 3.63) is 39.4 Å². The predicted octanol–water partition coefficient (Wildman–Crippen LogP) is 3.32. The second-order valence-electron chi connectivity index (χ2n) is 5.34. The first-order chi connectivity index (χ1) is 9.03. The number of benzene rings is 1. The first-order valence-corrected chi connectivity index (χ1v) is 5.89. The van der Waals surface area contributed by atoms with Crippen LogP contribution in [0.1, 0.15) is 39.2 Å². The van der Waals surface area contributed by atoms with E-state index in [1.54, 1.807) is 20.8 Å². The van der Waals surface area contributed by atoms with Crippen LogP contribution in [0.2, 0.25) is 0 Å². The molecule has 1 aromatic rings. The van der Waals surface area contributed by atoms with Gasteiger partial charge in [0.15, 0.2) is 0 Å². The van der Waals surface area contributed by atoms with Crippen molar-refractivity contribution in [3.63, 3.8) is 0 Å². The topological polar surface area (TPSA) is 69.4 Å². The van der Waals surface area contributed by atoms with Gasteiger partial charge in [-0.25, -0.2) is 4.39 Å². The summed E-state index contributed by atoms with van der Waals surface area (Å²) in [5.41, 5.74) is -2.06. The molecule has 0 radical (unpaired) electrons. The number of nitro groups is 1. The second-order valence-corrected chi connectivity index (χ2v) is 5.34. The van der Waals surface area contributed by atoms with Crippen molar-refractivity contribution in [2.75, 3.05) is 0 Å². The van der Waals surface area contributed by atoms with Crippen LogP contribution >= 0.6 is 0 Å². The molecule has 0 heterocycles. The van der Waals surface area contributed by atoms with E-state index in [4.69, 9.17) is 4.74 Å². The van der Waals surface area contributed by atoms with Crippen molar-refractivity contribution in [2.45, 2.75) is 39.2 Å². The maximum absolute atomic E-state index is 13.5. The average Bonchev–Trinajstić information content (AvgIpc) is 2.23. The van der Waals surface area contributed by atoms with E-state index in [1.165, 1.54) is 6.92 Å². The standard InChI is InChI=1S/C13H15F2NO4/c1-7(12(17)20-13(2,3)4)9-5-8(14)6-10(15)11(9)16(18)19/h5-7H,1-4H3. The predicted molar refractivity (Wildman–Crippen MR) is 67.3 cm³/mol. The molecule has 0 fully saturated rings. The lowest BCUT2D eigenvalue weighted by molar-refractivity contribution is -0.388. The van der Waals surface area contributed by atoms with Gasteiger partial charge >= 0.3 is 11.7 Å². The fourth-order valence-electron chi connectivity index (χ4n) is 1.63. The highest BCUT2D eigenvalue weighted by molar-refractivity contribution is 5.79. The largest absolute Gasteiger partial charge is 0.460 e. The minimum absolute atomic E-state index is 0.346. The second kappa shape index (κ2) is 5.52. The van der Waals surface area contributed by atoms with Crippen LogP contribution in [-0.2, 0) is 9.53 Å². The zero-order valence-electron chi connectivity index (χ0n) is 11.6. The summed E-state index contributed by atoms with van der Waals surface area (Å²) >= 11 is 0. The summed E-state index contributed by atoms with van der Waals surface area (Å²) in [6.45, 7) is 6.17. The SMILES string of the molecule is CC(C(=O)OC(C)(C)C)c1cc(F)cc(F)c1[N+](=O)[O-]. The van der Waals surface area contributed by atoms with Crippen LogP contribution in [0.25, 0.3) is 0 Å². The van der Waals surface area contributed by atoms with Crippen molar-refractivity contribution in [1.82, 2.24) is 0 Å². The number of halogens is 2. The van der Waals surface area contributed by atoms with Crippen LogP contribution in [0.5, 0.6) is 0 Å². The molecule has 20 heavy (non-hydrogen) atoms. The summed E-state index contributed by atoms with van der Waals surface area (Å²) in [5, 5.41) is 10.9. The molecule has 1 atom stereocenters. The zero-order chi connectivity index (χ0) is 15.7. The minimum atomic E-state index is -1.32. The maximum atomic E-state index is 13.5. The van der Waals surface area contributed by atoms with Crippen LogP contribution in [0, 0.1) is 21.7 Å². The monoisotopic (exact) mass is 287 g/mol. The third-order valence-electron chi connectivity index (χ3n) is 2.47. The molecule has 1 unspecified atom stereocenters. The summed E-state index contributed by atoms with van der Waals surface area (Å²) in [5.74, 6) is -4.25. The van der Waals surface area contributed by atoms with Crippen LogP contribution in [0.3, 0.4) is 0 Å². The van der Waals surface area contributed by atoms with E-state index in [0.717, 1.165) is 6.07 Å². The molecule has 0 amide bonds. The molecule has 0 N–H and O–H groups in total. The molecule has 0 saturated heterocycles. The molecule has 0 aliphatic carbocycles. The summed E-state index contributed by atoms with van der Waals surface area (Å²) in [6, 6.07) is 1.18. The van der Waals surface area contributed by atoms with Crippen molar-refractivity contribution in [2.24, 2.45) is 0 Å². The Bertz CT molecular complexity index is 552. The van der Waals surface area contributed by atoms with Gasteiger partial charge in [-0.3, -0.25) is 14.9 Å². The molecule has 7 heteroatoms. The number of carbonyl (C=O) groups is 1. The van der Waals surface area contributed by atoms with E-state index in [9.17, 15) is 23.7 Å². The minimum Gasteiger partial charge on any atom is -0.460 e. The molecule has 0 aliphatic heterocycles. The molecule has 0 aliphatic rings. The highest BCUT2D eigenvalue weighted by atomic mass is 19.1. The van der Waals surface area contributed by atoms with Crippen LogP contribution < -0.4 is 0 Å². The molecular weight excluding hydrogens is 272 g/mol. The Morgan fingerprint density at radius 3 is 2.35 bits per heavy atom. The van der Waals surface area contributed by atoms with Gasteiger partial charge in [0, 0.05) is 11.6 Å². The molecule has 0 saturated carbocycles. The molecule has 0 bridgehead atoms. The highest BCUT2D eigenvalue weighted by Gasteiger charge is 2.31. The van der Waals surface area contributed by atoms with Gasteiger partial charge in [-0.1, -0.05) is 0 Å². The van der Waals surface area contributed by atoms with Crippen molar-refractivity contribution < 1.29 is 23.2 Å². The van der Waals surface area contributed by atoms with Crippen LogP contribution in [0.4, 0.5) is 14.5 Å². The number of rotatable bonds is 3. The zero-order valence-corrected chi connectivity index (χ0v) is 11.6. The molecule has 1 rings (SSSR count). The molecule has 110 valence electrons. The first kappa shape index (κ1) is 16.0. The van der Waals surface area contributed by atoms with Gasteiger partial charge in [0.2, 0.25) is 5.82 Å². The van der Waals surface area contributed by atoms with Gasteiger partial charge in [-0.15, -0.1) is 0 Å². The summed E-state index contributed by atoms with van der Waals surface area (Å²) in [4.78, 5) is 21.7. The van der Waals surface area contributed by atoms with Gasteiger partial charge in [0.05, 0.1) is 10.8 Å². The quantitative estimate of drug-likeness (QED) is 0.486. The Hall–Kier alpha value is -2.05. The van der Waals surface area contributed by atoms with Gasteiger partial charge in [-0.2, -0.15) is 4.39 Å². The van der Waals surface area contributed by atoms with E-state index >= 15 is 0 Å². The summed E-state index contributed by atoms with van der Waals surface area (Å²) in [7, 11) is 0. The van der Waals surface area contributed by atoms with Crippen LogP contribution in [0.15, 0.2) is 12.1 Å². The molecule has 5 nitrogen and oxygen atoms in total. The van der Waals surface area contributed by atoms with E-state index in [2.05, 4.69) is 0 Å². The number of nitro benzene ring substituents is 1. The number of hydrogen-bond donors (Lipinski definition) is 0. The Balaban J connectivity index is 3.25. The Labute approximate surface area is 114 Å². The number of esters is 1. The molecule has 1 aromatic carbocycles. The van der Waals surface area contributed by atoms with Gasteiger partial charge in [-0.05, 0) is 33.8 Å². The van der Waals surface area contributed by atoms with Gasteiger partial charge in [0.25, 0.3) is 0 Å². The van der Waals surface area contributed by atoms with Crippen molar-refractivity contribution >= 4 is 11.7 Å². The van der Waals surface area contributed by atoms with E-state index in [0.29, 0.717) is 6.07 Å². The van der Waals surface area contributed by atoms with Crippen molar-refractivity contribution in [3.8, 4) is 0 Å². The lowest BCUT2D eigenvalue weighted by Gasteiger charge is -2.22. The van der Waals surface area contributed by atoms with Gasteiger partial charge in [0.1, 0.15) is 11.4 Å². The number of hydrogen-bond acceptors (Lipinski definition) is 4. The maximum Gasteiger partial charge on any atom is 0.313 e. The number of carbonyl (C=O) groups excluding carboxylic acids is 1. The third-order valence-corrected chi connectivity index (χ3v) is 2.47. The van der Waals surface area contributed by atoms with Crippen molar-refractivity contribution in [1.29, 1.82) is 0 Å². The summed E-state index contributed by atoms with van der Waals surface area (Å²) < 4.78 is 31.8. The van der Waals surface area contributed by atoms with Crippen LogP contribution in [-0.4, -0.2) is 16.5 Å². The normalized spacial score (nSPS) is 12.9. The average molecular weight is 287 g/mol. The number of ether oxygens (including phenoxy) is 1. The lowest BCUT2D eigenvalue weighted by Crippen LogP contribution is -2.27. The highest BCUT2D eigenvalue weighted by Crippen LogP contribution is 2.31.